The van der Waals surface area contributed by atoms with E-state index in [1.54, 1.807) is 0 Å². The number of hydrogen-bond acceptors (Lipinski definition) is 4. The summed E-state index contributed by atoms with van der Waals surface area (Å²) in [6, 6.07) is 0. The highest BCUT2D eigenvalue weighted by Crippen LogP contribution is 2.19. The van der Waals surface area contributed by atoms with Gasteiger partial charge in [-0.25, -0.2) is 0 Å². The molecular formula is C12H23NO3. The molecule has 1 aliphatic heterocycles. The number of hydrogen-bond donors (Lipinski definition) is 1. The third-order valence-electron chi connectivity index (χ3n) is 3.02. The normalized spacial score (nSPS) is 19.4. The molecule has 2 N–H and O–H groups in total. The molecular weight excluding hydrogens is 206 g/mol. The number of nitrogens with two attached hydrogens (primary N) is 1. The Morgan fingerprint density at radius 2 is 2.00 bits per heavy atom. The molecule has 0 saturated carbocycles. The van der Waals surface area contributed by atoms with Crippen LogP contribution in [0.1, 0.15) is 45.4 Å². The van der Waals surface area contributed by atoms with Crippen LogP contribution in [0.4, 0.5) is 0 Å². The molecule has 0 bridgehead atoms. The standard InChI is InChI=1S/C12H23NO3/c1-2-3-4-5-8-16-11(14)12(13)6-9-15-10-7-12/h2-10,13H2,1H3. The fourth-order valence-corrected chi connectivity index (χ4v) is 1.78. The first-order valence-corrected chi connectivity index (χ1v) is 6.23. The average molecular weight is 229 g/mol. The summed E-state index contributed by atoms with van der Waals surface area (Å²) < 4.78 is 10.4. The fourth-order valence-electron chi connectivity index (χ4n) is 1.78. The summed E-state index contributed by atoms with van der Waals surface area (Å²) in [5.74, 6) is -0.257. The Hall–Kier alpha value is -0.610. The monoisotopic (exact) mass is 229 g/mol. The van der Waals surface area contributed by atoms with Crippen molar-refractivity contribution in [1.29, 1.82) is 0 Å². The van der Waals surface area contributed by atoms with Gasteiger partial charge in [0, 0.05) is 13.2 Å². The van der Waals surface area contributed by atoms with Crippen molar-refractivity contribution < 1.29 is 14.3 Å². The molecule has 1 saturated heterocycles. The Bertz CT molecular complexity index is 212. The number of rotatable bonds is 6. The van der Waals surface area contributed by atoms with Gasteiger partial charge in [0.1, 0.15) is 5.54 Å². The molecule has 1 heterocycles. The minimum atomic E-state index is -0.803. The van der Waals surface area contributed by atoms with Crippen molar-refractivity contribution in [2.75, 3.05) is 19.8 Å². The van der Waals surface area contributed by atoms with Gasteiger partial charge in [-0.1, -0.05) is 26.2 Å². The van der Waals surface area contributed by atoms with E-state index in [4.69, 9.17) is 15.2 Å². The summed E-state index contributed by atoms with van der Waals surface area (Å²) in [6.07, 6.45) is 5.57. The number of ether oxygens (including phenoxy) is 2. The molecule has 0 aliphatic carbocycles. The summed E-state index contributed by atoms with van der Waals surface area (Å²) in [7, 11) is 0. The van der Waals surface area contributed by atoms with E-state index in [2.05, 4.69) is 6.92 Å². The van der Waals surface area contributed by atoms with Gasteiger partial charge >= 0.3 is 5.97 Å². The van der Waals surface area contributed by atoms with E-state index in [1.165, 1.54) is 12.8 Å². The highest BCUT2D eigenvalue weighted by molar-refractivity contribution is 5.80. The number of carbonyl (C=O) groups excluding carboxylic acids is 1. The number of carbonyl (C=O) groups is 1. The molecule has 0 aromatic heterocycles. The van der Waals surface area contributed by atoms with Crippen LogP contribution in [-0.2, 0) is 14.3 Å². The zero-order valence-electron chi connectivity index (χ0n) is 10.2. The molecule has 0 aromatic carbocycles. The van der Waals surface area contributed by atoms with Crippen LogP contribution >= 0.6 is 0 Å². The molecule has 1 aliphatic rings. The number of unbranched alkanes of at least 4 members (excludes halogenated alkanes) is 3. The van der Waals surface area contributed by atoms with Crippen LogP contribution in [-0.4, -0.2) is 31.3 Å². The first-order chi connectivity index (χ1) is 7.69. The van der Waals surface area contributed by atoms with Crippen molar-refractivity contribution in [3.63, 3.8) is 0 Å². The topological polar surface area (TPSA) is 61.5 Å². The van der Waals surface area contributed by atoms with Crippen LogP contribution in [0.5, 0.6) is 0 Å². The summed E-state index contributed by atoms with van der Waals surface area (Å²) in [6.45, 7) is 3.77. The predicted molar refractivity (Wildman–Crippen MR) is 62.1 cm³/mol. The third-order valence-corrected chi connectivity index (χ3v) is 3.02. The Kier molecular flexibility index (Phi) is 5.77. The summed E-state index contributed by atoms with van der Waals surface area (Å²) in [5.41, 5.74) is 5.19. The van der Waals surface area contributed by atoms with E-state index in [1.807, 2.05) is 0 Å². The van der Waals surface area contributed by atoms with E-state index in [0.717, 1.165) is 12.8 Å². The molecule has 0 aromatic rings. The van der Waals surface area contributed by atoms with Gasteiger partial charge in [-0.2, -0.15) is 0 Å². The van der Waals surface area contributed by atoms with Gasteiger partial charge in [0.2, 0.25) is 0 Å². The van der Waals surface area contributed by atoms with Crippen molar-refractivity contribution >= 4 is 5.97 Å². The fraction of sp³-hybridized carbons (Fsp3) is 0.917. The van der Waals surface area contributed by atoms with E-state index < -0.39 is 5.54 Å². The number of esters is 1. The van der Waals surface area contributed by atoms with Gasteiger partial charge in [0.25, 0.3) is 0 Å². The Labute approximate surface area is 97.5 Å². The first-order valence-electron chi connectivity index (χ1n) is 6.23. The second-order valence-corrected chi connectivity index (χ2v) is 4.47. The van der Waals surface area contributed by atoms with Crippen LogP contribution in [0.3, 0.4) is 0 Å². The Balaban J connectivity index is 2.18. The molecule has 0 spiro atoms. The van der Waals surface area contributed by atoms with E-state index in [-0.39, 0.29) is 5.97 Å². The van der Waals surface area contributed by atoms with Crippen molar-refractivity contribution in [3.8, 4) is 0 Å². The van der Waals surface area contributed by atoms with E-state index in [9.17, 15) is 4.79 Å². The second kappa shape index (κ2) is 6.86. The van der Waals surface area contributed by atoms with Crippen LogP contribution in [0.2, 0.25) is 0 Å². The van der Waals surface area contributed by atoms with Crippen molar-refractivity contribution in [2.45, 2.75) is 51.0 Å². The summed E-state index contributed by atoms with van der Waals surface area (Å²) in [5, 5.41) is 0. The summed E-state index contributed by atoms with van der Waals surface area (Å²) >= 11 is 0. The minimum Gasteiger partial charge on any atom is -0.464 e. The minimum absolute atomic E-state index is 0.257. The van der Waals surface area contributed by atoms with Gasteiger partial charge in [-0.05, 0) is 19.3 Å². The van der Waals surface area contributed by atoms with Gasteiger partial charge in [0.15, 0.2) is 0 Å². The SMILES string of the molecule is CCCCCCOC(=O)C1(N)CCOCC1. The molecule has 4 heteroatoms. The maximum atomic E-state index is 11.7. The highest BCUT2D eigenvalue weighted by Gasteiger charge is 2.37. The lowest BCUT2D eigenvalue weighted by Gasteiger charge is -2.30. The van der Waals surface area contributed by atoms with Gasteiger partial charge in [0.05, 0.1) is 6.61 Å². The predicted octanol–water partition coefficient (Wildman–Crippen LogP) is 1.62. The molecule has 0 radical (unpaired) electrons. The molecule has 1 rings (SSSR count). The lowest BCUT2D eigenvalue weighted by Crippen LogP contribution is -2.52. The maximum Gasteiger partial charge on any atom is 0.326 e. The van der Waals surface area contributed by atoms with E-state index >= 15 is 0 Å². The maximum absolute atomic E-state index is 11.7. The highest BCUT2D eigenvalue weighted by atomic mass is 16.5. The third kappa shape index (κ3) is 4.10. The zero-order chi connectivity index (χ0) is 11.9. The molecule has 0 amide bonds. The van der Waals surface area contributed by atoms with E-state index in [0.29, 0.717) is 32.7 Å². The molecule has 0 unspecified atom stereocenters. The molecule has 16 heavy (non-hydrogen) atoms. The van der Waals surface area contributed by atoms with Gasteiger partial charge in [-0.15, -0.1) is 0 Å². The summed E-state index contributed by atoms with van der Waals surface area (Å²) in [4.78, 5) is 11.7. The largest absolute Gasteiger partial charge is 0.464 e. The lowest BCUT2D eigenvalue weighted by atomic mass is 9.92. The van der Waals surface area contributed by atoms with Crippen LogP contribution < -0.4 is 5.73 Å². The zero-order valence-corrected chi connectivity index (χ0v) is 10.2. The molecule has 4 nitrogen and oxygen atoms in total. The smallest absolute Gasteiger partial charge is 0.326 e. The van der Waals surface area contributed by atoms with Crippen LogP contribution in [0.15, 0.2) is 0 Å². The lowest BCUT2D eigenvalue weighted by molar-refractivity contribution is -0.154. The molecule has 1 fully saturated rings. The van der Waals surface area contributed by atoms with Crippen LogP contribution in [0.25, 0.3) is 0 Å². The van der Waals surface area contributed by atoms with Crippen molar-refractivity contribution in [3.05, 3.63) is 0 Å². The van der Waals surface area contributed by atoms with Gasteiger partial charge < -0.3 is 15.2 Å². The van der Waals surface area contributed by atoms with Crippen molar-refractivity contribution in [2.24, 2.45) is 5.73 Å². The van der Waals surface area contributed by atoms with Crippen LogP contribution in [0, 0.1) is 0 Å². The average Bonchev–Trinajstić information content (AvgIpc) is 2.29. The van der Waals surface area contributed by atoms with Gasteiger partial charge in [-0.3, -0.25) is 4.79 Å². The molecule has 94 valence electrons. The second-order valence-electron chi connectivity index (χ2n) is 4.47. The van der Waals surface area contributed by atoms with Crippen molar-refractivity contribution in [1.82, 2.24) is 0 Å². The quantitative estimate of drug-likeness (QED) is 0.555. The molecule has 0 atom stereocenters. The first kappa shape index (κ1) is 13.5. The Morgan fingerprint density at radius 3 is 2.62 bits per heavy atom. The Morgan fingerprint density at radius 1 is 1.31 bits per heavy atom.